The third kappa shape index (κ3) is 4.21. The molecule has 0 amide bonds. The number of carbonyl (C=O) groups is 1. The zero-order valence-corrected chi connectivity index (χ0v) is 9.78. The molecule has 1 saturated heterocycles. The van der Waals surface area contributed by atoms with Crippen LogP contribution in [0.25, 0.3) is 0 Å². The van der Waals surface area contributed by atoms with Crippen molar-refractivity contribution in [3.63, 3.8) is 0 Å². The van der Waals surface area contributed by atoms with Crippen LogP contribution in [-0.2, 0) is 14.0 Å². The maximum Gasteiger partial charge on any atom is 0.330 e. The number of ether oxygens (including phenoxy) is 1. The summed E-state index contributed by atoms with van der Waals surface area (Å²) in [6.45, 7) is 7.19. The average Bonchev–Trinajstić information content (AvgIpc) is 2.19. The quantitative estimate of drug-likeness (QED) is 0.623. The fourth-order valence-electron chi connectivity index (χ4n) is 1.07. The lowest BCUT2D eigenvalue weighted by Crippen LogP contribution is -2.39. The van der Waals surface area contributed by atoms with Crippen molar-refractivity contribution in [3.05, 3.63) is 0 Å². The van der Waals surface area contributed by atoms with E-state index in [0.29, 0.717) is 0 Å². The molecule has 1 fully saturated rings. The Morgan fingerprint density at radius 3 is 2.71 bits per heavy atom. The highest BCUT2D eigenvalue weighted by atomic mass is 28.2. The number of hydrogen-bond donors (Lipinski definition) is 0. The largest absolute Gasteiger partial charge is 0.515 e. The monoisotopic (exact) mass is 215 g/mol. The fourth-order valence-corrected chi connectivity index (χ4v) is 2.01. The summed E-state index contributed by atoms with van der Waals surface area (Å²) >= 11 is 0. The summed E-state index contributed by atoms with van der Waals surface area (Å²) in [6.07, 6.45) is 0.849. The molecule has 1 rings (SSSR count). The van der Waals surface area contributed by atoms with Crippen LogP contribution in [0.15, 0.2) is 0 Å². The normalized spacial score (nSPS) is 18.5. The summed E-state index contributed by atoms with van der Waals surface area (Å²) in [5, 5.41) is 0. The van der Waals surface area contributed by atoms with Gasteiger partial charge in [0.2, 0.25) is 0 Å². The maximum atomic E-state index is 11.1. The third-order valence-corrected chi connectivity index (χ3v) is 2.96. The van der Waals surface area contributed by atoms with Crippen LogP contribution in [0, 0.1) is 5.92 Å². The van der Waals surface area contributed by atoms with Crippen molar-refractivity contribution in [2.24, 2.45) is 5.92 Å². The van der Waals surface area contributed by atoms with E-state index in [1.165, 1.54) is 0 Å². The van der Waals surface area contributed by atoms with Gasteiger partial charge >= 0.3 is 9.76 Å². The van der Waals surface area contributed by atoms with Gasteiger partial charge in [0.1, 0.15) is 0 Å². The Labute approximate surface area is 87.5 Å². The molecule has 0 aromatic carbocycles. The Morgan fingerprint density at radius 2 is 2.14 bits per heavy atom. The Hall–Kier alpha value is -0.393. The van der Waals surface area contributed by atoms with Crippen LogP contribution < -0.4 is 0 Å². The van der Waals surface area contributed by atoms with Crippen LogP contribution in [0.4, 0.5) is 0 Å². The van der Waals surface area contributed by atoms with Crippen molar-refractivity contribution in [2.75, 3.05) is 32.5 Å². The van der Waals surface area contributed by atoms with E-state index in [1.807, 2.05) is 13.8 Å². The lowest BCUT2D eigenvalue weighted by molar-refractivity contribution is -0.137. The highest BCUT2D eigenvalue weighted by molar-refractivity contribution is 6.30. The first kappa shape index (κ1) is 11.7. The molecule has 0 bridgehead atoms. The number of morpholine rings is 1. The number of hydrogen-bond acceptors (Lipinski definition) is 4. The van der Waals surface area contributed by atoms with Gasteiger partial charge in [0.15, 0.2) is 0 Å². The van der Waals surface area contributed by atoms with Crippen LogP contribution in [0.1, 0.15) is 13.8 Å². The molecule has 80 valence electrons. The van der Waals surface area contributed by atoms with Gasteiger partial charge in [0, 0.05) is 25.2 Å². The molecule has 1 aliphatic rings. The lowest BCUT2D eigenvalue weighted by atomic mass is 10.2. The smallest absolute Gasteiger partial charge is 0.330 e. The van der Waals surface area contributed by atoms with Crippen LogP contribution in [-0.4, -0.2) is 53.1 Å². The third-order valence-electron chi connectivity index (χ3n) is 2.04. The second kappa shape index (κ2) is 6.16. The van der Waals surface area contributed by atoms with E-state index >= 15 is 0 Å². The van der Waals surface area contributed by atoms with Gasteiger partial charge in [-0.2, -0.15) is 0 Å². The molecular formula is C9H17NO3Si. The van der Waals surface area contributed by atoms with E-state index in [2.05, 4.69) is 4.90 Å². The van der Waals surface area contributed by atoms with Gasteiger partial charge in [-0.3, -0.25) is 9.69 Å². The van der Waals surface area contributed by atoms with E-state index in [4.69, 9.17) is 9.16 Å². The van der Waals surface area contributed by atoms with Gasteiger partial charge in [-0.05, 0) is 0 Å². The average molecular weight is 215 g/mol. The number of rotatable bonds is 4. The molecule has 4 nitrogen and oxygen atoms in total. The lowest BCUT2D eigenvalue weighted by Gasteiger charge is -2.25. The molecule has 0 N–H and O–H groups in total. The molecule has 0 aromatic heterocycles. The molecule has 5 heteroatoms. The molecule has 0 spiro atoms. The molecular weight excluding hydrogens is 198 g/mol. The van der Waals surface area contributed by atoms with Crippen LogP contribution in [0.3, 0.4) is 0 Å². The molecule has 1 aliphatic heterocycles. The highest BCUT2D eigenvalue weighted by Crippen LogP contribution is 1.97. The van der Waals surface area contributed by atoms with Crippen molar-refractivity contribution in [3.8, 4) is 0 Å². The summed E-state index contributed by atoms with van der Waals surface area (Å²) in [7, 11) is 0.257. The predicted octanol–water partition coefficient (Wildman–Crippen LogP) is 0.0945. The second-order valence-electron chi connectivity index (χ2n) is 3.61. The molecule has 14 heavy (non-hydrogen) atoms. The van der Waals surface area contributed by atoms with Gasteiger partial charge in [0.05, 0.1) is 13.2 Å². The van der Waals surface area contributed by atoms with E-state index in [0.717, 1.165) is 32.5 Å². The van der Waals surface area contributed by atoms with Crippen molar-refractivity contribution >= 4 is 15.7 Å². The van der Waals surface area contributed by atoms with Crippen LogP contribution in [0.2, 0.25) is 0 Å². The summed E-state index contributed by atoms with van der Waals surface area (Å²) < 4.78 is 10.3. The minimum absolute atomic E-state index is 0.0211. The van der Waals surface area contributed by atoms with Crippen LogP contribution >= 0.6 is 0 Å². The molecule has 0 unspecified atom stereocenters. The topological polar surface area (TPSA) is 38.8 Å². The van der Waals surface area contributed by atoms with Gasteiger partial charge < -0.3 is 9.16 Å². The minimum Gasteiger partial charge on any atom is -0.515 e. The first-order valence-corrected chi connectivity index (χ1v) is 6.05. The fraction of sp³-hybridized carbons (Fsp3) is 0.889. The minimum atomic E-state index is -0.100. The first-order chi connectivity index (χ1) is 6.70. The van der Waals surface area contributed by atoms with E-state index in [1.54, 1.807) is 0 Å². The molecule has 0 atom stereocenters. The van der Waals surface area contributed by atoms with Crippen molar-refractivity contribution in [2.45, 2.75) is 13.8 Å². The van der Waals surface area contributed by atoms with Crippen molar-refractivity contribution in [1.82, 2.24) is 4.90 Å². The molecule has 1 heterocycles. The van der Waals surface area contributed by atoms with E-state index < -0.39 is 0 Å². The maximum absolute atomic E-state index is 11.1. The first-order valence-electron chi connectivity index (χ1n) is 4.94. The Bertz CT molecular complexity index is 181. The Morgan fingerprint density at radius 1 is 1.50 bits per heavy atom. The second-order valence-corrected chi connectivity index (χ2v) is 4.42. The number of carbonyl (C=O) groups excluding carboxylic acids is 1. The van der Waals surface area contributed by atoms with E-state index in [9.17, 15) is 4.79 Å². The summed E-state index contributed by atoms with van der Waals surface area (Å²) in [6, 6.07) is 0. The zero-order chi connectivity index (χ0) is 10.4. The Kier molecular flexibility index (Phi) is 5.14. The van der Waals surface area contributed by atoms with Crippen LogP contribution in [0.5, 0.6) is 0 Å². The van der Waals surface area contributed by atoms with E-state index in [-0.39, 0.29) is 21.7 Å². The summed E-state index contributed by atoms with van der Waals surface area (Å²) in [4.78, 5) is 13.4. The van der Waals surface area contributed by atoms with Gasteiger partial charge in [-0.25, -0.2) is 0 Å². The predicted molar refractivity (Wildman–Crippen MR) is 53.9 cm³/mol. The van der Waals surface area contributed by atoms with Gasteiger partial charge in [-0.15, -0.1) is 0 Å². The SMILES string of the molecule is CC(C)C(=O)O[Si]CN1CCOCC1. The standard InChI is InChI=1S/C9H17NO3Si/c1-8(2)9(11)13-14-7-10-3-5-12-6-4-10/h8H,3-7H2,1-2H3. The molecule has 0 saturated carbocycles. The molecule has 0 aromatic rings. The van der Waals surface area contributed by atoms with Gasteiger partial charge in [0.25, 0.3) is 5.97 Å². The molecule has 2 radical (unpaired) electrons. The summed E-state index contributed by atoms with van der Waals surface area (Å²) in [5.41, 5.74) is 0. The molecule has 0 aliphatic carbocycles. The highest BCUT2D eigenvalue weighted by Gasteiger charge is 2.13. The summed E-state index contributed by atoms with van der Waals surface area (Å²) in [5.74, 6) is -0.121. The zero-order valence-electron chi connectivity index (χ0n) is 8.78. The Balaban J connectivity index is 2.05. The van der Waals surface area contributed by atoms with Gasteiger partial charge in [-0.1, -0.05) is 13.8 Å². The van der Waals surface area contributed by atoms with Crippen molar-refractivity contribution < 1.29 is 14.0 Å². The number of nitrogens with zero attached hydrogens (tertiary/aromatic N) is 1. The van der Waals surface area contributed by atoms with Crippen molar-refractivity contribution in [1.29, 1.82) is 0 Å².